The van der Waals surface area contributed by atoms with E-state index >= 15 is 0 Å². The van der Waals surface area contributed by atoms with Gasteiger partial charge in [-0.25, -0.2) is 0 Å². The lowest BCUT2D eigenvalue weighted by Gasteiger charge is -2.24. The number of carbonyl (C=O) groups excluding carboxylic acids is 1. The minimum absolute atomic E-state index is 0.0463. The number of nitrogens with two attached hydrogens (primary N) is 1. The molecule has 2 heterocycles. The molecule has 1 aromatic heterocycles. The number of hydrogen-bond acceptors (Lipinski definition) is 3. The van der Waals surface area contributed by atoms with Gasteiger partial charge in [-0.2, -0.15) is 24.5 Å². The van der Waals surface area contributed by atoms with E-state index in [9.17, 15) is 18.0 Å². The Labute approximate surface area is 100 Å². The van der Waals surface area contributed by atoms with Gasteiger partial charge in [0.05, 0.1) is 5.54 Å². The van der Waals surface area contributed by atoms with Gasteiger partial charge >= 0.3 is 12.1 Å². The fourth-order valence-electron chi connectivity index (χ4n) is 1.97. The Kier molecular flexibility index (Phi) is 2.90. The molecule has 0 aromatic carbocycles. The maximum Gasteiger partial charge on any atom is 0.471 e. The molecule has 1 aliphatic rings. The van der Waals surface area contributed by atoms with E-state index in [2.05, 4.69) is 0 Å². The summed E-state index contributed by atoms with van der Waals surface area (Å²) < 4.78 is 36.8. The molecular weight excluding hydrogens is 253 g/mol. The summed E-state index contributed by atoms with van der Waals surface area (Å²) in [6.45, 7) is -0.0350. The van der Waals surface area contributed by atoms with Gasteiger partial charge in [0, 0.05) is 13.1 Å². The number of thiophene rings is 1. The van der Waals surface area contributed by atoms with E-state index in [-0.39, 0.29) is 13.1 Å². The van der Waals surface area contributed by atoms with Crippen molar-refractivity contribution in [3.63, 3.8) is 0 Å². The fraction of sp³-hybridized carbons (Fsp3) is 0.500. The third-order valence-corrected chi connectivity index (χ3v) is 3.61. The van der Waals surface area contributed by atoms with Gasteiger partial charge in [-0.1, -0.05) is 0 Å². The normalized spacial score (nSPS) is 25.3. The lowest BCUT2D eigenvalue weighted by Crippen LogP contribution is -2.44. The number of alkyl halides is 3. The first kappa shape index (κ1) is 12.4. The van der Waals surface area contributed by atoms with Crippen molar-refractivity contribution in [2.75, 3.05) is 13.1 Å². The Balaban J connectivity index is 2.13. The number of halogens is 3. The molecule has 0 bridgehead atoms. The molecule has 1 atom stereocenters. The Morgan fingerprint density at radius 3 is 2.76 bits per heavy atom. The third-order valence-electron chi connectivity index (χ3n) is 2.93. The first-order chi connectivity index (χ1) is 7.83. The van der Waals surface area contributed by atoms with Crippen molar-refractivity contribution in [3.05, 3.63) is 22.4 Å². The molecule has 2 N–H and O–H groups in total. The first-order valence-electron chi connectivity index (χ1n) is 5.01. The lowest BCUT2D eigenvalue weighted by atomic mass is 9.93. The van der Waals surface area contributed by atoms with Gasteiger partial charge in [-0.15, -0.1) is 0 Å². The Morgan fingerprint density at radius 1 is 1.53 bits per heavy atom. The summed E-state index contributed by atoms with van der Waals surface area (Å²) in [6, 6.07) is 1.78. The van der Waals surface area contributed by atoms with Crippen LogP contribution in [0.2, 0.25) is 0 Å². The second-order valence-electron chi connectivity index (χ2n) is 4.14. The predicted octanol–water partition coefficient (Wildman–Crippen LogP) is 1.70. The number of likely N-dealkylation sites (tertiary alicyclic amines) is 1. The highest BCUT2D eigenvalue weighted by molar-refractivity contribution is 7.08. The van der Waals surface area contributed by atoms with Crippen molar-refractivity contribution in [2.24, 2.45) is 5.73 Å². The fourth-order valence-corrected chi connectivity index (χ4v) is 2.73. The van der Waals surface area contributed by atoms with Crippen LogP contribution in [0.4, 0.5) is 13.2 Å². The molecule has 1 aromatic rings. The van der Waals surface area contributed by atoms with Crippen LogP contribution in [-0.2, 0) is 10.3 Å². The molecule has 0 aliphatic carbocycles. The summed E-state index contributed by atoms with van der Waals surface area (Å²) in [5.74, 6) is -1.81. The van der Waals surface area contributed by atoms with Crippen molar-refractivity contribution >= 4 is 17.2 Å². The summed E-state index contributed by atoms with van der Waals surface area (Å²) in [5.41, 5.74) is 5.99. The van der Waals surface area contributed by atoms with Crippen LogP contribution in [-0.4, -0.2) is 30.1 Å². The number of nitrogens with zero attached hydrogens (tertiary/aromatic N) is 1. The Bertz CT molecular complexity index is 418. The van der Waals surface area contributed by atoms with Gasteiger partial charge in [-0.3, -0.25) is 4.79 Å². The van der Waals surface area contributed by atoms with E-state index in [0.717, 1.165) is 10.5 Å². The molecule has 0 radical (unpaired) electrons. The van der Waals surface area contributed by atoms with Crippen LogP contribution in [0.15, 0.2) is 16.8 Å². The molecule has 0 spiro atoms. The van der Waals surface area contributed by atoms with Crippen molar-refractivity contribution in [2.45, 2.75) is 18.1 Å². The summed E-state index contributed by atoms with van der Waals surface area (Å²) in [5, 5.41) is 3.62. The molecule has 1 unspecified atom stereocenters. The van der Waals surface area contributed by atoms with Gasteiger partial charge in [0.1, 0.15) is 0 Å². The molecule has 94 valence electrons. The highest BCUT2D eigenvalue weighted by atomic mass is 32.1. The zero-order valence-electron chi connectivity index (χ0n) is 8.83. The van der Waals surface area contributed by atoms with E-state index in [0.29, 0.717) is 6.42 Å². The van der Waals surface area contributed by atoms with Crippen LogP contribution in [0, 0.1) is 0 Å². The van der Waals surface area contributed by atoms with E-state index in [1.807, 2.05) is 10.8 Å². The van der Waals surface area contributed by atoms with E-state index in [1.54, 1.807) is 6.07 Å². The minimum atomic E-state index is -4.82. The SMILES string of the molecule is NC1(c2ccsc2)CCN(C(=O)C(F)(F)F)C1. The molecule has 7 heteroatoms. The number of carbonyl (C=O) groups is 1. The predicted molar refractivity (Wildman–Crippen MR) is 57.4 cm³/mol. The minimum Gasteiger partial charge on any atom is -0.333 e. The van der Waals surface area contributed by atoms with Gasteiger partial charge in [0.25, 0.3) is 0 Å². The van der Waals surface area contributed by atoms with E-state index < -0.39 is 17.6 Å². The van der Waals surface area contributed by atoms with Crippen molar-refractivity contribution in [3.8, 4) is 0 Å². The molecule has 3 nitrogen and oxygen atoms in total. The van der Waals surface area contributed by atoms with Crippen molar-refractivity contribution in [1.82, 2.24) is 4.90 Å². The molecule has 2 rings (SSSR count). The molecule has 1 aliphatic heterocycles. The van der Waals surface area contributed by atoms with Crippen LogP contribution in [0.1, 0.15) is 12.0 Å². The standard InChI is InChI=1S/C10H11F3N2OS/c11-10(12,13)8(16)15-3-2-9(14,6-15)7-1-4-17-5-7/h1,4-5H,2-3,6,14H2. The first-order valence-corrected chi connectivity index (χ1v) is 5.95. The average molecular weight is 264 g/mol. The molecular formula is C10H11F3N2OS. The second-order valence-corrected chi connectivity index (χ2v) is 4.92. The highest BCUT2D eigenvalue weighted by Crippen LogP contribution is 2.32. The molecule has 1 amide bonds. The maximum atomic E-state index is 12.3. The zero-order chi connectivity index (χ0) is 12.7. The summed E-state index contributed by atoms with van der Waals surface area (Å²) >= 11 is 1.43. The highest BCUT2D eigenvalue weighted by Gasteiger charge is 2.47. The average Bonchev–Trinajstić information content (AvgIpc) is 2.84. The summed E-state index contributed by atoms with van der Waals surface area (Å²) in [6.07, 6.45) is -4.47. The van der Waals surface area contributed by atoms with E-state index in [1.165, 1.54) is 11.3 Å². The monoisotopic (exact) mass is 264 g/mol. The Morgan fingerprint density at radius 2 is 2.24 bits per heavy atom. The molecule has 17 heavy (non-hydrogen) atoms. The van der Waals surface area contributed by atoms with Crippen LogP contribution in [0.3, 0.4) is 0 Å². The zero-order valence-corrected chi connectivity index (χ0v) is 9.64. The van der Waals surface area contributed by atoms with Crippen LogP contribution >= 0.6 is 11.3 Å². The van der Waals surface area contributed by atoms with Crippen LogP contribution < -0.4 is 5.73 Å². The lowest BCUT2D eigenvalue weighted by molar-refractivity contribution is -0.184. The van der Waals surface area contributed by atoms with Gasteiger partial charge in [-0.05, 0) is 28.8 Å². The molecule has 1 saturated heterocycles. The second kappa shape index (κ2) is 3.99. The van der Waals surface area contributed by atoms with Crippen LogP contribution in [0.25, 0.3) is 0 Å². The summed E-state index contributed by atoms with van der Waals surface area (Å²) in [7, 11) is 0. The van der Waals surface area contributed by atoms with Crippen molar-refractivity contribution in [1.29, 1.82) is 0 Å². The smallest absolute Gasteiger partial charge is 0.333 e. The number of rotatable bonds is 1. The largest absolute Gasteiger partial charge is 0.471 e. The quantitative estimate of drug-likeness (QED) is 0.839. The van der Waals surface area contributed by atoms with Crippen molar-refractivity contribution < 1.29 is 18.0 Å². The molecule has 1 fully saturated rings. The Hall–Kier alpha value is -1.08. The van der Waals surface area contributed by atoms with Gasteiger partial charge in [0.2, 0.25) is 0 Å². The van der Waals surface area contributed by atoms with Gasteiger partial charge in [0.15, 0.2) is 0 Å². The third kappa shape index (κ3) is 2.30. The topological polar surface area (TPSA) is 46.3 Å². The number of hydrogen-bond donors (Lipinski definition) is 1. The maximum absolute atomic E-state index is 12.3. The van der Waals surface area contributed by atoms with Gasteiger partial charge < -0.3 is 10.6 Å². The van der Waals surface area contributed by atoms with Crippen LogP contribution in [0.5, 0.6) is 0 Å². The number of amides is 1. The summed E-state index contributed by atoms with van der Waals surface area (Å²) in [4.78, 5) is 11.8. The van der Waals surface area contributed by atoms with E-state index in [4.69, 9.17) is 5.73 Å². The molecule has 0 saturated carbocycles.